The van der Waals surface area contributed by atoms with E-state index in [1.54, 1.807) is 0 Å². The number of nitrogens with zero attached hydrogens (tertiary/aromatic N) is 2. The molecule has 7 heteroatoms. The van der Waals surface area contributed by atoms with Gasteiger partial charge in [0.1, 0.15) is 0 Å². The van der Waals surface area contributed by atoms with Crippen molar-refractivity contribution >= 4 is 15.8 Å². The van der Waals surface area contributed by atoms with Gasteiger partial charge in [0.2, 0.25) is 0 Å². The number of likely N-dealkylation sites (tertiary alicyclic amines) is 1. The Balaban J connectivity index is 1.58. The molecule has 3 saturated heterocycles. The quantitative estimate of drug-likeness (QED) is 0.451. The van der Waals surface area contributed by atoms with Crippen LogP contribution in [-0.4, -0.2) is 70.2 Å². The van der Waals surface area contributed by atoms with Gasteiger partial charge >= 0.3 is 0 Å². The van der Waals surface area contributed by atoms with Crippen molar-refractivity contribution in [1.29, 1.82) is 0 Å². The van der Waals surface area contributed by atoms with Crippen LogP contribution >= 0.6 is 0 Å². The molecular weight excluding hydrogens is 326 g/mol. The summed E-state index contributed by atoms with van der Waals surface area (Å²) < 4.78 is 28.7. The molecule has 0 aromatic carbocycles. The van der Waals surface area contributed by atoms with Crippen LogP contribution < -0.4 is 5.32 Å². The maximum atomic E-state index is 11.6. The highest BCUT2D eigenvalue weighted by Crippen LogP contribution is 2.30. The highest BCUT2D eigenvalue weighted by molar-refractivity contribution is 7.91. The van der Waals surface area contributed by atoms with Crippen molar-refractivity contribution in [1.82, 2.24) is 10.2 Å². The Kier molecular flexibility index (Phi) is 5.81. The van der Waals surface area contributed by atoms with Crippen LogP contribution in [0.25, 0.3) is 0 Å². The number of hydrogen-bond donors (Lipinski definition) is 1. The summed E-state index contributed by atoms with van der Waals surface area (Å²) in [4.78, 5) is 7.06. The number of rotatable bonds is 5. The van der Waals surface area contributed by atoms with Crippen LogP contribution in [0, 0.1) is 17.8 Å². The molecule has 3 rings (SSSR count). The fraction of sp³-hybridized carbons (Fsp3) is 0.824. The zero-order valence-electron chi connectivity index (χ0n) is 14.3. The van der Waals surface area contributed by atoms with Gasteiger partial charge in [0.05, 0.1) is 11.5 Å². The number of guanidine groups is 1. The summed E-state index contributed by atoms with van der Waals surface area (Å²) in [5, 5.41) is 3.34. The first kappa shape index (κ1) is 17.7. The van der Waals surface area contributed by atoms with Gasteiger partial charge in [-0.2, -0.15) is 0 Å². The monoisotopic (exact) mass is 355 g/mol. The molecule has 0 aromatic rings. The van der Waals surface area contributed by atoms with Gasteiger partial charge in [0.15, 0.2) is 15.8 Å². The molecule has 0 saturated carbocycles. The van der Waals surface area contributed by atoms with Gasteiger partial charge < -0.3 is 15.0 Å². The molecular formula is C17H29N3O3S. The Bertz CT molecular complexity index is 570. The SMILES string of the molecule is C=CCNC(=NCC1CCS(=O)(=O)C1)N1CCC(C2CCOC2)C1. The molecule has 3 aliphatic heterocycles. The number of nitrogens with one attached hydrogen (secondary N) is 1. The van der Waals surface area contributed by atoms with Crippen LogP contribution in [-0.2, 0) is 14.6 Å². The minimum absolute atomic E-state index is 0.164. The van der Waals surface area contributed by atoms with Crippen molar-refractivity contribution < 1.29 is 13.2 Å². The van der Waals surface area contributed by atoms with E-state index in [-0.39, 0.29) is 11.7 Å². The average molecular weight is 356 g/mol. The van der Waals surface area contributed by atoms with E-state index in [0.29, 0.717) is 30.7 Å². The van der Waals surface area contributed by atoms with E-state index in [1.165, 1.54) is 12.8 Å². The van der Waals surface area contributed by atoms with Crippen molar-refractivity contribution in [3.63, 3.8) is 0 Å². The fourth-order valence-corrected chi connectivity index (χ4v) is 5.80. The summed E-state index contributed by atoms with van der Waals surface area (Å²) in [6.45, 7) is 8.84. The van der Waals surface area contributed by atoms with E-state index in [4.69, 9.17) is 9.73 Å². The molecule has 0 amide bonds. The molecule has 3 atom stereocenters. The minimum Gasteiger partial charge on any atom is -0.381 e. The van der Waals surface area contributed by atoms with Gasteiger partial charge in [-0.15, -0.1) is 6.58 Å². The summed E-state index contributed by atoms with van der Waals surface area (Å²) in [6, 6.07) is 0. The first-order valence-electron chi connectivity index (χ1n) is 9.00. The molecule has 6 nitrogen and oxygen atoms in total. The largest absolute Gasteiger partial charge is 0.381 e. The van der Waals surface area contributed by atoms with Gasteiger partial charge in [0.25, 0.3) is 0 Å². The summed E-state index contributed by atoms with van der Waals surface area (Å²) >= 11 is 0. The van der Waals surface area contributed by atoms with Crippen LogP contribution in [0.5, 0.6) is 0 Å². The first-order chi connectivity index (χ1) is 11.6. The van der Waals surface area contributed by atoms with Crippen molar-refractivity contribution in [2.45, 2.75) is 19.3 Å². The summed E-state index contributed by atoms with van der Waals surface area (Å²) in [5.41, 5.74) is 0. The molecule has 3 fully saturated rings. The Morgan fingerprint density at radius 2 is 2.21 bits per heavy atom. The first-order valence-corrected chi connectivity index (χ1v) is 10.8. The van der Waals surface area contributed by atoms with Gasteiger partial charge in [-0.05, 0) is 37.0 Å². The Labute approximate surface area is 145 Å². The second-order valence-electron chi connectivity index (χ2n) is 7.22. The average Bonchev–Trinajstić information content (AvgIpc) is 3.27. The second kappa shape index (κ2) is 7.87. The molecule has 0 aromatic heterocycles. The van der Waals surface area contributed by atoms with Crippen LogP contribution in [0.3, 0.4) is 0 Å². The number of sulfone groups is 1. The standard InChI is InChI=1S/C17H29N3O3S/c1-2-6-18-17(19-10-14-5-9-24(21,22)13-14)20-7-3-15(11-20)16-4-8-23-12-16/h2,14-16H,1,3-13H2,(H,18,19). The molecule has 0 aliphatic carbocycles. The predicted molar refractivity (Wildman–Crippen MR) is 95.9 cm³/mol. The number of aliphatic imine (C=N–C) groups is 1. The van der Waals surface area contributed by atoms with Crippen molar-refractivity contribution in [2.75, 3.05) is 50.9 Å². The van der Waals surface area contributed by atoms with Crippen LogP contribution in [0.2, 0.25) is 0 Å². The molecule has 0 radical (unpaired) electrons. The number of ether oxygens (including phenoxy) is 1. The zero-order valence-corrected chi connectivity index (χ0v) is 15.1. The molecule has 1 N–H and O–H groups in total. The van der Waals surface area contributed by atoms with Gasteiger partial charge in [0, 0.05) is 39.4 Å². The van der Waals surface area contributed by atoms with Crippen LogP contribution in [0.4, 0.5) is 0 Å². The lowest BCUT2D eigenvalue weighted by Crippen LogP contribution is -2.41. The van der Waals surface area contributed by atoms with Crippen molar-refractivity contribution in [2.24, 2.45) is 22.7 Å². The van der Waals surface area contributed by atoms with Crippen molar-refractivity contribution in [3.05, 3.63) is 12.7 Å². The summed E-state index contributed by atoms with van der Waals surface area (Å²) in [5.74, 6) is 3.02. The predicted octanol–water partition coefficient (Wildman–Crippen LogP) is 0.911. The fourth-order valence-electron chi connectivity index (χ4n) is 3.95. The maximum Gasteiger partial charge on any atom is 0.194 e. The van der Waals surface area contributed by atoms with Gasteiger partial charge in [-0.1, -0.05) is 6.08 Å². The highest BCUT2D eigenvalue weighted by atomic mass is 32.2. The molecule has 3 heterocycles. The summed E-state index contributed by atoms with van der Waals surface area (Å²) in [7, 11) is -2.83. The molecule has 0 spiro atoms. The molecule has 0 bridgehead atoms. The third-order valence-electron chi connectivity index (χ3n) is 5.39. The Morgan fingerprint density at radius 3 is 2.88 bits per heavy atom. The third-order valence-corrected chi connectivity index (χ3v) is 7.22. The molecule has 3 unspecified atom stereocenters. The van der Waals surface area contributed by atoms with Gasteiger partial charge in [-0.3, -0.25) is 4.99 Å². The lowest BCUT2D eigenvalue weighted by atomic mass is 9.91. The van der Waals surface area contributed by atoms with E-state index in [1.807, 2.05) is 6.08 Å². The highest BCUT2D eigenvalue weighted by Gasteiger charge is 2.33. The Morgan fingerprint density at radius 1 is 1.33 bits per heavy atom. The van der Waals surface area contributed by atoms with Crippen molar-refractivity contribution in [3.8, 4) is 0 Å². The van der Waals surface area contributed by atoms with E-state index < -0.39 is 9.84 Å². The lowest BCUT2D eigenvalue weighted by Gasteiger charge is -2.23. The lowest BCUT2D eigenvalue weighted by molar-refractivity contribution is 0.173. The molecule has 24 heavy (non-hydrogen) atoms. The van der Waals surface area contributed by atoms with E-state index in [0.717, 1.165) is 38.7 Å². The smallest absolute Gasteiger partial charge is 0.194 e. The van der Waals surface area contributed by atoms with Gasteiger partial charge in [-0.25, -0.2) is 8.42 Å². The van der Waals surface area contributed by atoms with E-state index in [2.05, 4.69) is 16.8 Å². The zero-order chi connectivity index (χ0) is 17.0. The van der Waals surface area contributed by atoms with Crippen LogP contribution in [0.15, 0.2) is 17.6 Å². The summed E-state index contributed by atoms with van der Waals surface area (Å²) in [6.07, 6.45) is 4.92. The van der Waals surface area contributed by atoms with Crippen LogP contribution in [0.1, 0.15) is 19.3 Å². The minimum atomic E-state index is -2.83. The third kappa shape index (κ3) is 4.51. The molecule has 3 aliphatic rings. The second-order valence-corrected chi connectivity index (χ2v) is 9.45. The maximum absolute atomic E-state index is 11.6. The van der Waals surface area contributed by atoms with E-state index in [9.17, 15) is 8.42 Å². The van der Waals surface area contributed by atoms with E-state index >= 15 is 0 Å². The molecule has 136 valence electrons. The number of hydrogen-bond acceptors (Lipinski definition) is 4. The Hall–Kier alpha value is -1.08. The topological polar surface area (TPSA) is 71.0 Å². The normalized spacial score (nSPS) is 33.1.